The Kier molecular flexibility index (Phi) is 5.16. The summed E-state index contributed by atoms with van der Waals surface area (Å²) < 4.78 is 5.56. The van der Waals surface area contributed by atoms with Gasteiger partial charge in [-0.2, -0.15) is 0 Å². The number of benzene rings is 1. The van der Waals surface area contributed by atoms with Crippen LogP contribution in [0.1, 0.15) is 50.4 Å². The summed E-state index contributed by atoms with van der Waals surface area (Å²) >= 11 is 0. The molecule has 3 heteroatoms. The molecular weight excluding hydrogens is 264 g/mol. The number of carbonyl (C=O) groups is 2. The van der Waals surface area contributed by atoms with E-state index >= 15 is 0 Å². The van der Waals surface area contributed by atoms with Gasteiger partial charge in [0.05, 0.1) is 0 Å². The zero-order valence-electron chi connectivity index (χ0n) is 13.0. The van der Waals surface area contributed by atoms with Crippen LogP contribution in [0.2, 0.25) is 0 Å². The Balaban J connectivity index is 2.04. The molecule has 114 valence electrons. The summed E-state index contributed by atoms with van der Waals surface area (Å²) in [6, 6.07) is 8.61. The van der Waals surface area contributed by atoms with E-state index in [0.29, 0.717) is 23.3 Å². The highest BCUT2D eigenvalue weighted by atomic mass is 16.5. The van der Waals surface area contributed by atoms with Crippen LogP contribution in [0.4, 0.5) is 0 Å². The van der Waals surface area contributed by atoms with Crippen LogP contribution in [-0.2, 0) is 9.53 Å². The van der Waals surface area contributed by atoms with E-state index in [2.05, 4.69) is 20.8 Å². The number of ether oxygens (including phenoxy) is 1. The second-order valence-corrected chi connectivity index (χ2v) is 6.47. The molecule has 0 aromatic heterocycles. The average molecular weight is 288 g/mol. The maximum Gasteiger partial charge on any atom is 0.379 e. The van der Waals surface area contributed by atoms with Gasteiger partial charge in [0.15, 0.2) is 0 Å². The van der Waals surface area contributed by atoms with E-state index in [1.54, 1.807) is 24.3 Å². The van der Waals surface area contributed by atoms with E-state index in [0.717, 1.165) is 12.8 Å². The van der Waals surface area contributed by atoms with Crippen molar-refractivity contribution in [2.45, 2.75) is 46.1 Å². The van der Waals surface area contributed by atoms with Crippen molar-refractivity contribution < 1.29 is 14.3 Å². The maximum atomic E-state index is 12.1. The van der Waals surface area contributed by atoms with Gasteiger partial charge < -0.3 is 4.74 Å². The zero-order valence-corrected chi connectivity index (χ0v) is 13.0. The highest BCUT2D eigenvalue weighted by Gasteiger charge is 2.34. The molecule has 1 aliphatic rings. The third-order valence-electron chi connectivity index (χ3n) is 4.44. The number of hydrogen-bond acceptors (Lipinski definition) is 3. The Morgan fingerprint density at radius 1 is 1.14 bits per heavy atom. The number of esters is 1. The highest BCUT2D eigenvalue weighted by molar-refractivity contribution is 6.40. The molecule has 1 aromatic carbocycles. The van der Waals surface area contributed by atoms with E-state index < -0.39 is 11.8 Å². The molecule has 2 rings (SSSR count). The number of hydrogen-bond donors (Lipinski definition) is 0. The van der Waals surface area contributed by atoms with Gasteiger partial charge in [-0.05, 0) is 30.6 Å². The molecule has 1 saturated carbocycles. The first kappa shape index (κ1) is 15.7. The first-order chi connectivity index (χ1) is 9.99. The van der Waals surface area contributed by atoms with Gasteiger partial charge in [0.1, 0.15) is 6.10 Å². The lowest BCUT2D eigenvalue weighted by Gasteiger charge is -2.36. The molecule has 3 nitrogen and oxygen atoms in total. The van der Waals surface area contributed by atoms with Crippen LogP contribution in [0.3, 0.4) is 0 Å². The van der Waals surface area contributed by atoms with Crippen molar-refractivity contribution in [2.75, 3.05) is 0 Å². The van der Waals surface area contributed by atoms with Gasteiger partial charge in [0.25, 0.3) is 5.78 Å². The minimum atomic E-state index is -0.717. The summed E-state index contributed by atoms with van der Waals surface area (Å²) in [5.74, 6) is 0.0998. The van der Waals surface area contributed by atoms with Gasteiger partial charge in [-0.3, -0.25) is 4.79 Å². The van der Waals surface area contributed by atoms with E-state index in [-0.39, 0.29) is 6.10 Å². The number of Topliss-reactive ketones (excluding diaryl/α,β-unsaturated/α-hetero) is 1. The summed E-state index contributed by atoms with van der Waals surface area (Å²) in [5.41, 5.74) is 0.396. The van der Waals surface area contributed by atoms with Gasteiger partial charge in [-0.15, -0.1) is 0 Å². The van der Waals surface area contributed by atoms with Crippen molar-refractivity contribution in [3.63, 3.8) is 0 Å². The fraction of sp³-hybridized carbons (Fsp3) is 0.556. The molecule has 0 unspecified atom stereocenters. The molecule has 3 atom stereocenters. The molecule has 0 radical (unpaired) electrons. The molecule has 1 aliphatic carbocycles. The summed E-state index contributed by atoms with van der Waals surface area (Å²) in [7, 11) is 0. The summed E-state index contributed by atoms with van der Waals surface area (Å²) in [6.07, 6.45) is 2.96. The molecule has 0 amide bonds. The van der Waals surface area contributed by atoms with Crippen LogP contribution in [0.25, 0.3) is 0 Å². The van der Waals surface area contributed by atoms with E-state index in [4.69, 9.17) is 4.74 Å². The Bertz CT molecular complexity index is 492. The topological polar surface area (TPSA) is 43.4 Å². The fourth-order valence-corrected chi connectivity index (χ4v) is 3.15. The summed E-state index contributed by atoms with van der Waals surface area (Å²) in [6.45, 7) is 6.48. The smallest absolute Gasteiger partial charge is 0.379 e. The van der Waals surface area contributed by atoms with Crippen LogP contribution >= 0.6 is 0 Å². The number of carbonyl (C=O) groups excluding carboxylic acids is 2. The van der Waals surface area contributed by atoms with E-state index in [1.807, 2.05) is 6.07 Å². The SMILES string of the molecule is CC(C)[C@H]1CC[C@H](C)C[C@@H]1OC(=O)C(=O)c1ccccc1. The third-order valence-corrected chi connectivity index (χ3v) is 4.44. The summed E-state index contributed by atoms with van der Waals surface area (Å²) in [4.78, 5) is 24.2. The Morgan fingerprint density at radius 3 is 2.43 bits per heavy atom. The quantitative estimate of drug-likeness (QED) is 0.480. The zero-order chi connectivity index (χ0) is 15.4. The first-order valence-electron chi connectivity index (χ1n) is 7.79. The lowest BCUT2D eigenvalue weighted by Crippen LogP contribution is -2.37. The highest BCUT2D eigenvalue weighted by Crippen LogP contribution is 2.35. The molecule has 1 fully saturated rings. The van der Waals surface area contributed by atoms with Crippen molar-refractivity contribution >= 4 is 11.8 Å². The molecule has 0 aliphatic heterocycles. The first-order valence-corrected chi connectivity index (χ1v) is 7.79. The second-order valence-electron chi connectivity index (χ2n) is 6.47. The monoisotopic (exact) mass is 288 g/mol. The van der Waals surface area contributed by atoms with Crippen LogP contribution in [0, 0.1) is 17.8 Å². The minimum absolute atomic E-state index is 0.131. The standard InChI is InChI=1S/C18H24O3/c1-12(2)15-10-9-13(3)11-16(15)21-18(20)17(19)14-7-5-4-6-8-14/h4-8,12-13,15-16H,9-11H2,1-3H3/t13-,15+,16-/m0/s1. The fourth-order valence-electron chi connectivity index (χ4n) is 3.15. The Hall–Kier alpha value is -1.64. The van der Waals surface area contributed by atoms with Crippen molar-refractivity contribution in [1.82, 2.24) is 0 Å². The third kappa shape index (κ3) is 3.93. The van der Waals surface area contributed by atoms with Gasteiger partial charge >= 0.3 is 5.97 Å². The van der Waals surface area contributed by atoms with Crippen molar-refractivity contribution in [3.8, 4) is 0 Å². The lowest BCUT2D eigenvalue weighted by molar-refractivity contribution is -0.149. The van der Waals surface area contributed by atoms with Gasteiger partial charge in [0, 0.05) is 5.56 Å². The molecule has 0 saturated heterocycles. The minimum Gasteiger partial charge on any atom is -0.456 e. The Morgan fingerprint density at radius 2 is 1.81 bits per heavy atom. The Labute approximate surface area is 126 Å². The molecule has 0 bridgehead atoms. The van der Waals surface area contributed by atoms with Crippen LogP contribution in [-0.4, -0.2) is 17.9 Å². The van der Waals surface area contributed by atoms with E-state index in [9.17, 15) is 9.59 Å². The number of rotatable bonds is 4. The average Bonchev–Trinajstić information content (AvgIpc) is 2.47. The molecule has 0 N–H and O–H groups in total. The van der Waals surface area contributed by atoms with Crippen molar-refractivity contribution in [2.24, 2.45) is 17.8 Å². The van der Waals surface area contributed by atoms with Crippen LogP contribution in [0.15, 0.2) is 30.3 Å². The molecule has 0 heterocycles. The summed E-state index contributed by atoms with van der Waals surface area (Å²) in [5, 5.41) is 0. The van der Waals surface area contributed by atoms with Gasteiger partial charge in [-0.1, -0.05) is 57.5 Å². The second kappa shape index (κ2) is 6.88. The van der Waals surface area contributed by atoms with Gasteiger partial charge in [-0.25, -0.2) is 4.79 Å². The van der Waals surface area contributed by atoms with Gasteiger partial charge in [0.2, 0.25) is 0 Å². The normalized spacial score (nSPS) is 25.6. The molecule has 21 heavy (non-hydrogen) atoms. The van der Waals surface area contributed by atoms with Crippen molar-refractivity contribution in [3.05, 3.63) is 35.9 Å². The number of ketones is 1. The predicted octanol–water partition coefficient (Wildman–Crippen LogP) is 3.87. The molecular formula is C18H24O3. The van der Waals surface area contributed by atoms with Crippen LogP contribution < -0.4 is 0 Å². The largest absolute Gasteiger partial charge is 0.456 e. The predicted molar refractivity (Wildman–Crippen MR) is 82.0 cm³/mol. The van der Waals surface area contributed by atoms with Crippen LogP contribution in [0.5, 0.6) is 0 Å². The maximum absolute atomic E-state index is 12.1. The lowest BCUT2D eigenvalue weighted by atomic mass is 9.75. The van der Waals surface area contributed by atoms with E-state index in [1.165, 1.54) is 6.42 Å². The molecule has 1 aromatic rings. The van der Waals surface area contributed by atoms with Crippen molar-refractivity contribution in [1.29, 1.82) is 0 Å². The molecule has 0 spiro atoms.